The van der Waals surface area contributed by atoms with Crippen LogP contribution in [0.4, 0.5) is 0 Å². The number of ether oxygens (including phenoxy) is 1. The maximum Gasteiger partial charge on any atom is 0.255 e. The second-order valence-corrected chi connectivity index (χ2v) is 7.24. The number of nitrogens with two attached hydrogens (primary N) is 1. The van der Waals surface area contributed by atoms with Crippen LogP contribution in [0, 0.1) is 0 Å². The number of nitrogens with zero attached hydrogens (tertiary/aromatic N) is 1. The van der Waals surface area contributed by atoms with Crippen LogP contribution < -0.4 is 10.5 Å². The van der Waals surface area contributed by atoms with Crippen LogP contribution in [-0.2, 0) is 4.79 Å². The van der Waals surface area contributed by atoms with Gasteiger partial charge in [-0.25, -0.2) is 0 Å². The molecule has 2 amide bonds. The van der Waals surface area contributed by atoms with Crippen LogP contribution in [0.25, 0.3) is 0 Å². The summed E-state index contributed by atoms with van der Waals surface area (Å²) >= 11 is 6.20. The number of amides is 2. The first-order chi connectivity index (χ1) is 14.1. The summed E-state index contributed by atoms with van der Waals surface area (Å²) in [6, 6.07) is 21.7. The van der Waals surface area contributed by atoms with Gasteiger partial charge in [-0.3, -0.25) is 9.59 Å². The maximum atomic E-state index is 13.6. The van der Waals surface area contributed by atoms with Crippen molar-refractivity contribution in [3.63, 3.8) is 0 Å². The lowest BCUT2D eigenvalue weighted by atomic mass is 9.98. The molecule has 146 valence electrons. The molecule has 1 aliphatic rings. The number of carbonyl (C=O) groups is 2. The fourth-order valence-electron chi connectivity index (χ4n) is 3.67. The SMILES string of the molecule is NC(=O)[C@H](c1ccccc1)N(C(=O)c1ccccc1)[C@@H]1COc2ccc(Cl)cc21. The van der Waals surface area contributed by atoms with Crippen molar-refractivity contribution in [3.05, 3.63) is 101 Å². The van der Waals surface area contributed by atoms with Gasteiger partial charge in [-0.1, -0.05) is 60.1 Å². The molecule has 0 aromatic heterocycles. The molecular weight excluding hydrogens is 388 g/mol. The van der Waals surface area contributed by atoms with Crippen molar-refractivity contribution in [2.75, 3.05) is 6.61 Å². The third-order valence-corrected chi connectivity index (χ3v) is 5.22. The number of benzene rings is 3. The quantitative estimate of drug-likeness (QED) is 0.692. The van der Waals surface area contributed by atoms with Crippen molar-refractivity contribution in [1.82, 2.24) is 4.90 Å². The van der Waals surface area contributed by atoms with Gasteiger partial charge in [0.25, 0.3) is 5.91 Å². The second kappa shape index (κ2) is 7.97. The van der Waals surface area contributed by atoms with E-state index < -0.39 is 18.0 Å². The van der Waals surface area contributed by atoms with E-state index in [0.717, 1.165) is 5.56 Å². The van der Waals surface area contributed by atoms with Gasteiger partial charge in [0.1, 0.15) is 18.4 Å². The third kappa shape index (κ3) is 3.69. The molecule has 0 aliphatic carbocycles. The molecule has 0 bridgehead atoms. The van der Waals surface area contributed by atoms with Crippen LogP contribution in [-0.4, -0.2) is 23.3 Å². The molecular formula is C23H19ClN2O3. The third-order valence-electron chi connectivity index (χ3n) is 4.98. The number of carbonyl (C=O) groups excluding carboxylic acids is 2. The van der Waals surface area contributed by atoms with E-state index in [2.05, 4.69) is 0 Å². The minimum atomic E-state index is -0.956. The van der Waals surface area contributed by atoms with Crippen molar-refractivity contribution in [2.24, 2.45) is 5.73 Å². The van der Waals surface area contributed by atoms with Gasteiger partial charge in [-0.15, -0.1) is 0 Å². The highest BCUT2D eigenvalue weighted by molar-refractivity contribution is 6.30. The molecule has 0 spiro atoms. The summed E-state index contributed by atoms with van der Waals surface area (Å²) in [5.41, 5.74) is 7.66. The van der Waals surface area contributed by atoms with E-state index in [-0.39, 0.29) is 12.5 Å². The lowest BCUT2D eigenvalue weighted by Gasteiger charge is -2.34. The summed E-state index contributed by atoms with van der Waals surface area (Å²) < 4.78 is 5.79. The lowest BCUT2D eigenvalue weighted by Crippen LogP contribution is -2.44. The average Bonchev–Trinajstić information content (AvgIpc) is 3.15. The van der Waals surface area contributed by atoms with Gasteiger partial charge in [-0.2, -0.15) is 0 Å². The Bertz CT molecular complexity index is 1040. The second-order valence-electron chi connectivity index (χ2n) is 6.80. The van der Waals surface area contributed by atoms with Crippen molar-refractivity contribution < 1.29 is 14.3 Å². The first-order valence-corrected chi connectivity index (χ1v) is 9.58. The Morgan fingerprint density at radius 2 is 1.66 bits per heavy atom. The summed E-state index contributed by atoms with van der Waals surface area (Å²) in [4.78, 5) is 27.7. The van der Waals surface area contributed by atoms with E-state index >= 15 is 0 Å². The van der Waals surface area contributed by atoms with Crippen molar-refractivity contribution in [3.8, 4) is 5.75 Å². The highest BCUT2D eigenvalue weighted by Crippen LogP contribution is 2.42. The van der Waals surface area contributed by atoms with Gasteiger partial charge in [0.05, 0.1) is 6.04 Å². The predicted octanol–water partition coefficient (Wildman–Crippen LogP) is 4.14. The van der Waals surface area contributed by atoms with E-state index in [1.54, 1.807) is 54.6 Å². The Morgan fingerprint density at radius 1 is 1.00 bits per heavy atom. The van der Waals surface area contributed by atoms with Crippen LogP contribution >= 0.6 is 11.6 Å². The van der Waals surface area contributed by atoms with E-state index in [4.69, 9.17) is 22.1 Å². The molecule has 5 nitrogen and oxygen atoms in total. The highest BCUT2D eigenvalue weighted by atomic mass is 35.5. The largest absolute Gasteiger partial charge is 0.491 e. The van der Waals surface area contributed by atoms with Gasteiger partial charge >= 0.3 is 0 Å². The van der Waals surface area contributed by atoms with Gasteiger partial charge in [0.2, 0.25) is 5.91 Å². The number of halogens is 1. The molecule has 0 unspecified atom stereocenters. The lowest BCUT2D eigenvalue weighted by molar-refractivity contribution is -0.123. The normalized spacial score (nSPS) is 15.8. The van der Waals surface area contributed by atoms with Crippen LogP contribution in [0.15, 0.2) is 78.9 Å². The molecule has 3 aromatic rings. The number of rotatable bonds is 5. The molecule has 0 radical (unpaired) electrons. The Kier molecular flexibility index (Phi) is 5.23. The number of primary amides is 1. The molecule has 6 heteroatoms. The average molecular weight is 407 g/mol. The molecule has 29 heavy (non-hydrogen) atoms. The van der Waals surface area contributed by atoms with E-state index in [1.807, 2.05) is 24.3 Å². The van der Waals surface area contributed by atoms with Crippen molar-refractivity contribution in [1.29, 1.82) is 0 Å². The molecule has 3 aromatic carbocycles. The van der Waals surface area contributed by atoms with E-state index in [9.17, 15) is 9.59 Å². The van der Waals surface area contributed by atoms with Crippen LogP contribution in [0.2, 0.25) is 5.02 Å². The zero-order chi connectivity index (χ0) is 20.4. The van der Waals surface area contributed by atoms with Crippen LogP contribution in [0.5, 0.6) is 5.75 Å². The molecule has 4 rings (SSSR count). The monoisotopic (exact) mass is 406 g/mol. The van der Waals surface area contributed by atoms with Crippen LogP contribution in [0.1, 0.15) is 33.6 Å². The van der Waals surface area contributed by atoms with Crippen molar-refractivity contribution in [2.45, 2.75) is 12.1 Å². The van der Waals surface area contributed by atoms with Gasteiger partial charge < -0.3 is 15.4 Å². The first-order valence-electron chi connectivity index (χ1n) is 9.20. The molecule has 2 N–H and O–H groups in total. The van der Waals surface area contributed by atoms with Gasteiger partial charge in [0, 0.05) is 16.1 Å². The molecule has 1 aliphatic heterocycles. The molecule has 2 atom stereocenters. The molecule has 1 heterocycles. The zero-order valence-corrected chi connectivity index (χ0v) is 16.3. The highest BCUT2D eigenvalue weighted by Gasteiger charge is 2.40. The summed E-state index contributed by atoms with van der Waals surface area (Å²) in [5, 5.41) is 0.529. The van der Waals surface area contributed by atoms with E-state index in [0.29, 0.717) is 21.9 Å². The topological polar surface area (TPSA) is 72.6 Å². The molecule has 0 saturated heterocycles. The summed E-state index contributed by atoms with van der Waals surface area (Å²) in [5.74, 6) is -0.280. The van der Waals surface area contributed by atoms with Gasteiger partial charge in [0.15, 0.2) is 0 Å². The predicted molar refractivity (Wildman–Crippen MR) is 111 cm³/mol. The molecule has 0 saturated carbocycles. The zero-order valence-electron chi connectivity index (χ0n) is 15.5. The van der Waals surface area contributed by atoms with Crippen LogP contribution in [0.3, 0.4) is 0 Å². The maximum absolute atomic E-state index is 13.6. The Balaban J connectivity index is 1.86. The number of fused-ring (bicyclic) bond motifs is 1. The summed E-state index contributed by atoms with van der Waals surface area (Å²) in [6.45, 7) is 0.213. The first kappa shape index (κ1) is 19.0. The minimum absolute atomic E-state index is 0.213. The number of hydrogen-bond acceptors (Lipinski definition) is 3. The van der Waals surface area contributed by atoms with E-state index in [1.165, 1.54) is 4.90 Å². The van der Waals surface area contributed by atoms with Crippen molar-refractivity contribution >= 4 is 23.4 Å². The Labute approximate surface area is 173 Å². The van der Waals surface area contributed by atoms with Gasteiger partial charge in [-0.05, 0) is 35.9 Å². The summed E-state index contributed by atoms with van der Waals surface area (Å²) in [7, 11) is 0. The summed E-state index contributed by atoms with van der Waals surface area (Å²) in [6.07, 6.45) is 0. The minimum Gasteiger partial charge on any atom is -0.491 e. The fraction of sp³-hybridized carbons (Fsp3) is 0.130. The molecule has 0 fully saturated rings. The smallest absolute Gasteiger partial charge is 0.255 e. The number of hydrogen-bond donors (Lipinski definition) is 1. The Hall–Kier alpha value is -3.31. The Morgan fingerprint density at radius 3 is 2.31 bits per heavy atom. The standard InChI is InChI=1S/C23H19ClN2O3/c24-17-11-12-20-18(13-17)19(14-29-20)26(23(28)16-9-5-2-6-10-16)21(22(25)27)15-7-3-1-4-8-15/h1-13,19,21H,14H2,(H2,25,27)/t19-,21+/m1/s1. The fourth-order valence-corrected chi connectivity index (χ4v) is 3.85.